The number of aryl methyl sites for hydroxylation is 1. The lowest BCUT2D eigenvalue weighted by molar-refractivity contribution is 0.168. The molecule has 1 N–H and O–H groups in total. The van der Waals surface area contributed by atoms with Gasteiger partial charge in [-0.3, -0.25) is 9.89 Å². The zero-order valence-electron chi connectivity index (χ0n) is 16.9. The number of nitrogens with one attached hydrogen (secondary N) is 1. The van der Waals surface area contributed by atoms with Gasteiger partial charge in [-0.2, -0.15) is 0 Å². The molecule has 1 fully saturated rings. The van der Waals surface area contributed by atoms with Crippen LogP contribution >= 0.6 is 0 Å². The quantitative estimate of drug-likeness (QED) is 0.649. The number of aromatic nitrogens is 1. The summed E-state index contributed by atoms with van der Waals surface area (Å²) in [5.74, 6) is 0.983. The summed E-state index contributed by atoms with van der Waals surface area (Å²) in [6, 6.07) is 10.7. The minimum Gasteiger partial charge on any atom is -0.364 e. The highest BCUT2D eigenvalue weighted by atomic mass is 16.5. The van der Waals surface area contributed by atoms with Crippen LogP contribution in [-0.4, -0.2) is 60.7 Å². The molecule has 2 aromatic rings. The Bertz CT molecular complexity index is 746. The van der Waals surface area contributed by atoms with Gasteiger partial charge in [0.2, 0.25) is 0 Å². The zero-order valence-corrected chi connectivity index (χ0v) is 16.9. The summed E-state index contributed by atoms with van der Waals surface area (Å²) in [4.78, 5) is 9.25. The molecule has 0 atom stereocenters. The molecule has 0 bridgehead atoms. The number of hydrogen-bond acceptors (Lipinski definition) is 4. The van der Waals surface area contributed by atoms with Gasteiger partial charge in [0.05, 0.1) is 5.69 Å². The molecule has 6 nitrogen and oxygen atoms in total. The summed E-state index contributed by atoms with van der Waals surface area (Å²) < 4.78 is 4.92. The molecule has 0 spiro atoms. The third kappa shape index (κ3) is 5.10. The topological polar surface area (TPSA) is 56.9 Å². The average molecular weight is 370 g/mol. The first-order chi connectivity index (χ1) is 13.0. The van der Waals surface area contributed by atoms with E-state index in [4.69, 9.17) is 4.52 Å². The second-order valence-electron chi connectivity index (χ2n) is 7.91. The Labute approximate surface area is 162 Å². The molecule has 0 aliphatic carbocycles. The van der Waals surface area contributed by atoms with Crippen molar-refractivity contribution in [3.63, 3.8) is 0 Å². The van der Waals surface area contributed by atoms with E-state index in [-0.39, 0.29) is 5.41 Å². The predicted molar refractivity (Wildman–Crippen MR) is 109 cm³/mol. The third-order valence-electron chi connectivity index (χ3n) is 5.25. The van der Waals surface area contributed by atoms with E-state index in [1.807, 2.05) is 13.1 Å². The number of hydrogen-bond donors (Lipinski definition) is 1. The molecule has 1 aliphatic rings. The standard InChI is InChI=1S/C21H31N5O/c1-17-6-5-7-18(14-17)21(2,3)16-23-20(22-4)26-11-9-25(10-12-26)15-19-8-13-27-24-19/h5-8,13-14H,9-12,15-16H2,1-4H3,(H,22,23). The van der Waals surface area contributed by atoms with Crippen LogP contribution in [0.3, 0.4) is 0 Å². The van der Waals surface area contributed by atoms with E-state index in [2.05, 4.69) is 70.3 Å². The lowest BCUT2D eigenvalue weighted by atomic mass is 9.84. The largest absolute Gasteiger partial charge is 0.364 e. The second kappa shape index (κ2) is 8.57. The lowest BCUT2D eigenvalue weighted by Gasteiger charge is -2.37. The fourth-order valence-corrected chi connectivity index (χ4v) is 3.47. The molecule has 1 aromatic heterocycles. The Kier molecular flexibility index (Phi) is 6.16. The van der Waals surface area contributed by atoms with Gasteiger partial charge in [-0.25, -0.2) is 0 Å². The molecule has 0 amide bonds. The van der Waals surface area contributed by atoms with Crippen molar-refractivity contribution in [1.82, 2.24) is 20.3 Å². The number of benzene rings is 1. The predicted octanol–water partition coefficient (Wildman–Crippen LogP) is 2.65. The zero-order chi connectivity index (χ0) is 19.3. The highest BCUT2D eigenvalue weighted by molar-refractivity contribution is 5.80. The Morgan fingerprint density at radius 1 is 1.22 bits per heavy atom. The van der Waals surface area contributed by atoms with E-state index < -0.39 is 0 Å². The normalized spacial score (nSPS) is 16.6. The van der Waals surface area contributed by atoms with Crippen molar-refractivity contribution in [3.05, 3.63) is 53.4 Å². The van der Waals surface area contributed by atoms with Crippen molar-refractivity contribution in [1.29, 1.82) is 0 Å². The number of aliphatic imine (C=N–C) groups is 1. The van der Waals surface area contributed by atoms with Crippen LogP contribution in [0.5, 0.6) is 0 Å². The first kappa shape index (κ1) is 19.4. The molecule has 1 aromatic carbocycles. The highest BCUT2D eigenvalue weighted by Gasteiger charge is 2.24. The average Bonchev–Trinajstić information content (AvgIpc) is 3.16. The van der Waals surface area contributed by atoms with Gasteiger partial charge in [0.25, 0.3) is 0 Å². The van der Waals surface area contributed by atoms with Crippen molar-refractivity contribution in [2.75, 3.05) is 39.8 Å². The molecule has 0 saturated carbocycles. The number of guanidine groups is 1. The van der Waals surface area contributed by atoms with E-state index >= 15 is 0 Å². The van der Waals surface area contributed by atoms with E-state index in [0.29, 0.717) is 0 Å². The molecule has 2 heterocycles. The first-order valence-electron chi connectivity index (χ1n) is 9.62. The minimum absolute atomic E-state index is 0.0384. The van der Waals surface area contributed by atoms with Crippen LogP contribution in [0.4, 0.5) is 0 Å². The maximum Gasteiger partial charge on any atom is 0.193 e. The molecule has 27 heavy (non-hydrogen) atoms. The second-order valence-corrected chi connectivity index (χ2v) is 7.91. The van der Waals surface area contributed by atoms with Gasteiger partial charge in [0.15, 0.2) is 5.96 Å². The van der Waals surface area contributed by atoms with Crippen LogP contribution in [0.15, 0.2) is 46.1 Å². The van der Waals surface area contributed by atoms with Crippen LogP contribution in [0.1, 0.15) is 30.7 Å². The van der Waals surface area contributed by atoms with Crippen LogP contribution in [0, 0.1) is 6.92 Å². The first-order valence-corrected chi connectivity index (χ1v) is 9.62. The molecular weight excluding hydrogens is 338 g/mol. The molecule has 3 rings (SSSR count). The SMILES string of the molecule is CN=C(NCC(C)(C)c1cccc(C)c1)N1CCN(Cc2ccon2)CC1. The van der Waals surface area contributed by atoms with E-state index in [1.165, 1.54) is 11.1 Å². The smallest absolute Gasteiger partial charge is 0.193 e. The van der Waals surface area contributed by atoms with Gasteiger partial charge >= 0.3 is 0 Å². The summed E-state index contributed by atoms with van der Waals surface area (Å²) in [5.41, 5.74) is 3.68. The fraction of sp³-hybridized carbons (Fsp3) is 0.524. The van der Waals surface area contributed by atoms with Crippen molar-refractivity contribution in [2.24, 2.45) is 4.99 Å². The summed E-state index contributed by atoms with van der Waals surface area (Å²) in [6.07, 6.45) is 1.63. The highest BCUT2D eigenvalue weighted by Crippen LogP contribution is 2.23. The maximum atomic E-state index is 4.92. The van der Waals surface area contributed by atoms with Crippen LogP contribution in [0.2, 0.25) is 0 Å². The van der Waals surface area contributed by atoms with E-state index in [9.17, 15) is 0 Å². The summed E-state index contributed by atoms with van der Waals surface area (Å²) in [5, 5.41) is 7.59. The van der Waals surface area contributed by atoms with E-state index in [1.54, 1.807) is 6.26 Å². The van der Waals surface area contributed by atoms with Crippen molar-refractivity contribution in [2.45, 2.75) is 32.7 Å². The van der Waals surface area contributed by atoms with Gasteiger partial charge in [-0.15, -0.1) is 0 Å². The third-order valence-corrected chi connectivity index (χ3v) is 5.25. The van der Waals surface area contributed by atoms with Crippen molar-refractivity contribution in [3.8, 4) is 0 Å². The molecular formula is C21H31N5O. The summed E-state index contributed by atoms with van der Waals surface area (Å²) in [7, 11) is 1.86. The van der Waals surface area contributed by atoms with Gasteiger partial charge in [-0.05, 0) is 12.5 Å². The van der Waals surface area contributed by atoms with Crippen LogP contribution < -0.4 is 5.32 Å². The molecule has 1 saturated heterocycles. The Morgan fingerprint density at radius 3 is 2.63 bits per heavy atom. The Morgan fingerprint density at radius 2 is 2.00 bits per heavy atom. The van der Waals surface area contributed by atoms with Crippen molar-refractivity contribution < 1.29 is 4.52 Å². The van der Waals surface area contributed by atoms with Crippen LogP contribution in [0.25, 0.3) is 0 Å². The van der Waals surface area contributed by atoms with Gasteiger partial charge < -0.3 is 14.7 Å². The maximum absolute atomic E-state index is 4.92. The monoisotopic (exact) mass is 369 g/mol. The fourth-order valence-electron chi connectivity index (χ4n) is 3.47. The van der Waals surface area contributed by atoms with Gasteiger partial charge in [0, 0.05) is 57.8 Å². The molecule has 0 unspecified atom stereocenters. The van der Waals surface area contributed by atoms with Crippen LogP contribution in [-0.2, 0) is 12.0 Å². The Balaban J connectivity index is 1.52. The lowest BCUT2D eigenvalue weighted by Crippen LogP contribution is -2.53. The number of piperazine rings is 1. The van der Waals surface area contributed by atoms with E-state index in [0.717, 1.165) is 50.9 Å². The number of rotatable bonds is 5. The Hall–Kier alpha value is -2.34. The molecule has 0 radical (unpaired) electrons. The van der Waals surface area contributed by atoms with Crippen molar-refractivity contribution >= 4 is 5.96 Å². The number of nitrogens with zero attached hydrogens (tertiary/aromatic N) is 4. The summed E-state index contributed by atoms with van der Waals surface area (Å²) >= 11 is 0. The summed E-state index contributed by atoms with van der Waals surface area (Å²) in [6.45, 7) is 12.3. The minimum atomic E-state index is 0.0384. The van der Waals surface area contributed by atoms with Gasteiger partial charge in [-0.1, -0.05) is 48.8 Å². The molecule has 146 valence electrons. The molecule has 6 heteroatoms. The van der Waals surface area contributed by atoms with Gasteiger partial charge in [0.1, 0.15) is 6.26 Å². The molecule has 1 aliphatic heterocycles.